The Morgan fingerprint density at radius 2 is 1.94 bits per heavy atom. The number of ether oxygens (including phenoxy) is 1. The van der Waals surface area contributed by atoms with Crippen molar-refractivity contribution in [1.82, 2.24) is 4.98 Å². The van der Waals surface area contributed by atoms with Crippen molar-refractivity contribution in [2.24, 2.45) is 0 Å². The number of aromatic nitrogens is 1. The lowest BCUT2D eigenvalue weighted by atomic mass is 9.83. The smallest absolute Gasteiger partial charge is 0.142 e. The molecule has 1 aromatic heterocycles. The zero-order valence-corrected chi connectivity index (χ0v) is 10.5. The molecule has 0 aliphatic carbocycles. The number of methoxy groups -OCH3 is 1. The lowest BCUT2D eigenvalue weighted by molar-refractivity contribution is 0.399. The molecule has 1 heterocycles. The van der Waals surface area contributed by atoms with Crippen LogP contribution in [0.15, 0.2) is 24.4 Å². The van der Waals surface area contributed by atoms with Gasteiger partial charge in [0.1, 0.15) is 11.6 Å². The van der Waals surface area contributed by atoms with Crippen LogP contribution in [0.4, 0.5) is 4.39 Å². The Kier molecular flexibility index (Phi) is 2.77. The van der Waals surface area contributed by atoms with Crippen molar-refractivity contribution >= 4 is 10.9 Å². The van der Waals surface area contributed by atoms with Crippen molar-refractivity contribution in [2.75, 3.05) is 7.11 Å². The topological polar surface area (TPSA) is 22.1 Å². The van der Waals surface area contributed by atoms with Gasteiger partial charge >= 0.3 is 0 Å². The van der Waals surface area contributed by atoms with Gasteiger partial charge in [0.2, 0.25) is 0 Å². The van der Waals surface area contributed by atoms with E-state index in [1.54, 1.807) is 7.11 Å². The van der Waals surface area contributed by atoms with E-state index in [0.29, 0.717) is 0 Å². The highest BCUT2D eigenvalue weighted by molar-refractivity contribution is 5.85. The van der Waals surface area contributed by atoms with Gasteiger partial charge in [0.15, 0.2) is 0 Å². The molecule has 1 aromatic carbocycles. The fourth-order valence-corrected chi connectivity index (χ4v) is 2.10. The quantitative estimate of drug-likeness (QED) is 0.749. The van der Waals surface area contributed by atoms with Crippen molar-refractivity contribution in [3.05, 3.63) is 35.8 Å². The van der Waals surface area contributed by atoms with Gasteiger partial charge in [-0.05, 0) is 23.6 Å². The molecule has 2 nitrogen and oxygen atoms in total. The minimum absolute atomic E-state index is 0.125. The predicted octanol–water partition coefficient (Wildman–Crippen LogP) is 3.68. The van der Waals surface area contributed by atoms with Gasteiger partial charge in [-0.25, -0.2) is 4.39 Å². The maximum atomic E-state index is 13.3. The SMILES string of the molecule is COc1ccc2ncc(F)cc2c1C(C)(C)C. The van der Waals surface area contributed by atoms with Crippen LogP contribution in [0.2, 0.25) is 0 Å². The number of pyridine rings is 1. The normalized spacial score (nSPS) is 11.8. The minimum atomic E-state index is -0.323. The molecule has 2 rings (SSSR count). The zero-order valence-electron chi connectivity index (χ0n) is 10.5. The molecule has 0 saturated heterocycles. The summed E-state index contributed by atoms with van der Waals surface area (Å²) in [7, 11) is 1.63. The van der Waals surface area contributed by atoms with Crippen molar-refractivity contribution in [1.29, 1.82) is 0 Å². The van der Waals surface area contributed by atoms with Crippen LogP contribution in [0.25, 0.3) is 10.9 Å². The van der Waals surface area contributed by atoms with Crippen LogP contribution in [-0.2, 0) is 5.41 Å². The summed E-state index contributed by atoms with van der Waals surface area (Å²) in [5.74, 6) is 0.452. The molecule has 0 aliphatic rings. The van der Waals surface area contributed by atoms with Gasteiger partial charge in [-0.2, -0.15) is 0 Å². The van der Waals surface area contributed by atoms with Gasteiger partial charge < -0.3 is 4.74 Å². The van der Waals surface area contributed by atoms with Crippen molar-refractivity contribution in [2.45, 2.75) is 26.2 Å². The van der Waals surface area contributed by atoms with Gasteiger partial charge in [-0.3, -0.25) is 4.98 Å². The molecular weight excluding hydrogens is 217 g/mol. The first-order valence-electron chi connectivity index (χ1n) is 5.56. The Hall–Kier alpha value is -1.64. The minimum Gasteiger partial charge on any atom is -0.496 e. The number of halogens is 1. The lowest BCUT2D eigenvalue weighted by Gasteiger charge is -2.23. The summed E-state index contributed by atoms with van der Waals surface area (Å²) in [4.78, 5) is 4.10. The van der Waals surface area contributed by atoms with E-state index in [1.165, 1.54) is 12.3 Å². The molecular formula is C14H16FNO. The third-order valence-electron chi connectivity index (χ3n) is 2.76. The van der Waals surface area contributed by atoms with Crippen LogP contribution < -0.4 is 4.74 Å². The van der Waals surface area contributed by atoms with E-state index in [1.807, 2.05) is 12.1 Å². The predicted molar refractivity (Wildman–Crippen MR) is 67.0 cm³/mol. The third kappa shape index (κ3) is 2.09. The van der Waals surface area contributed by atoms with Crippen molar-refractivity contribution in [3.8, 4) is 5.75 Å². The van der Waals surface area contributed by atoms with Gasteiger partial charge in [0, 0.05) is 10.9 Å². The van der Waals surface area contributed by atoms with E-state index in [4.69, 9.17) is 4.74 Å². The van der Waals surface area contributed by atoms with Gasteiger partial charge in [-0.1, -0.05) is 20.8 Å². The molecule has 0 radical (unpaired) electrons. The number of hydrogen-bond acceptors (Lipinski definition) is 2. The van der Waals surface area contributed by atoms with Crippen molar-refractivity contribution < 1.29 is 9.13 Å². The van der Waals surface area contributed by atoms with Crippen LogP contribution in [0.5, 0.6) is 5.75 Å². The molecule has 0 N–H and O–H groups in total. The van der Waals surface area contributed by atoms with Crippen LogP contribution >= 0.6 is 0 Å². The van der Waals surface area contributed by atoms with E-state index in [9.17, 15) is 4.39 Å². The highest BCUT2D eigenvalue weighted by Gasteiger charge is 2.22. The summed E-state index contributed by atoms with van der Waals surface area (Å²) in [6.45, 7) is 6.24. The van der Waals surface area contributed by atoms with Crippen LogP contribution in [0.1, 0.15) is 26.3 Å². The fraction of sp³-hybridized carbons (Fsp3) is 0.357. The van der Waals surface area contributed by atoms with Gasteiger partial charge in [0.25, 0.3) is 0 Å². The lowest BCUT2D eigenvalue weighted by Crippen LogP contribution is -2.13. The molecule has 0 fully saturated rings. The molecule has 2 aromatic rings. The molecule has 0 saturated carbocycles. The first kappa shape index (κ1) is 11.8. The first-order chi connectivity index (χ1) is 7.93. The molecule has 0 atom stereocenters. The highest BCUT2D eigenvalue weighted by atomic mass is 19.1. The molecule has 90 valence electrons. The molecule has 17 heavy (non-hydrogen) atoms. The monoisotopic (exact) mass is 233 g/mol. The number of benzene rings is 1. The van der Waals surface area contributed by atoms with E-state index < -0.39 is 0 Å². The summed E-state index contributed by atoms with van der Waals surface area (Å²) in [6, 6.07) is 5.25. The highest BCUT2D eigenvalue weighted by Crippen LogP contribution is 2.36. The maximum absolute atomic E-state index is 13.3. The zero-order chi connectivity index (χ0) is 12.6. The van der Waals surface area contributed by atoms with Crippen molar-refractivity contribution in [3.63, 3.8) is 0 Å². The second kappa shape index (κ2) is 3.99. The van der Waals surface area contributed by atoms with Gasteiger partial charge in [0.05, 0.1) is 18.8 Å². The standard InChI is InChI=1S/C14H16FNO/c1-14(2,3)13-10-7-9(15)8-16-11(10)5-6-12(13)17-4/h5-8H,1-4H3. The van der Waals surface area contributed by atoms with Gasteiger partial charge in [-0.15, -0.1) is 0 Å². The second-order valence-electron chi connectivity index (χ2n) is 5.11. The van der Waals surface area contributed by atoms with Crippen LogP contribution in [-0.4, -0.2) is 12.1 Å². The average Bonchev–Trinajstić information content (AvgIpc) is 2.25. The maximum Gasteiger partial charge on any atom is 0.142 e. The Labute approximate surface area is 100 Å². The summed E-state index contributed by atoms with van der Waals surface area (Å²) < 4.78 is 18.7. The second-order valence-corrected chi connectivity index (χ2v) is 5.11. The number of fused-ring (bicyclic) bond motifs is 1. The summed E-state index contributed by atoms with van der Waals surface area (Å²) in [6.07, 6.45) is 1.24. The third-order valence-corrected chi connectivity index (χ3v) is 2.76. The molecule has 0 amide bonds. The van der Waals surface area contributed by atoms with E-state index in [-0.39, 0.29) is 11.2 Å². The Morgan fingerprint density at radius 1 is 1.24 bits per heavy atom. The number of nitrogens with zero attached hydrogens (tertiary/aromatic N) is 1. The largest absolute Gasteiger partial charge is 0.496 e. The molecule has 0 aliphatic heterocycles. The fourth-order valence-electron chi connectivity index (χ4n) is 2.10. The Bertz CT molecular complexity index is 558. The first-order valence-corrected chi connectivity index (χ1v) is 5.56. The molecule has 0 bridgehead atoms. The molecule has 0 spiro atoms. The molecule has 0 unspecified atom stereocenters. The summed E-state index contributed by atoms with van der Waals surface area (Å²) >= 11 is 0. The average molecular weight is 233 g/mol. The van der Waals surface area contributed by atoms with E-state index >= 15 is 0 Å². The van der Waals surface area contributed by atoms with E-state index in [0.717, 1.165) is 22.2 Å². The Morgan fingerprint density at radius 3 is 2.53 bits per heavy atom. The Balaban J connectivity index is 2.87. The molecule has 3 heteroatoms. The summed E-state index contributed by atoms with van der Waals surface area (Å²) in [5.41, 5.74) is 1.65. The number of rotatable bonds is 1. The number of hydrogen-bond donors (Lipinski definition) is 0. The summed E-state index contributed by atoms with van der Waals surface area (Å²) in [5, 5.41) is 0.817. The van der Waals surface area contributed by atoms with E-state index in [2.05, 4.69) is 25.8 Å². The van der Waals surface area contributed by atoms with Crippen LogP contribution in [0.3, 0.4) is 0 Å². The van der Waals surface area contributed by atoms with Crippen LogP contribution in [0, 0.1) is 5.82 Å².